The highest BCUT2D eigenvalue weighted by Crippen LogP contribution is 2.19. The van der Waals surface area contributed by atoms with Crippen LogP contribution in [0.25, 0.3) is 4.96 Å². The number of morpholine rings is 1. The molecule has 1 aliphatic heterocycles. The molecular weight excluding hydrogens is 416 g/mol. The average Bonchev–Trinajstić information content (AvgIpc) is 3.20. The van der Waals surface area contributed by atoms with Crippen molar-refractivity contribution < 1.29 is 17.9 Å². The Morgan fingerprint density at radius 3 is 2.59 bits per heavy atom. The lowest BCUT2D eigenvalue weighted by Gasteiger charge is -2.26. The Hall–Kier alpha value is -2.60. The Balaban J connectivity index is 1.57. The lowest BCUT2D eigenvalue weighted by molar-refractivity contribution is 0.0730. The van der Waals surface area contributed by atoms with E-state index < -0.39 is 15.9 Å². The number of hydrogen-bond donors (Lipinski definition) is 1. The molecule has 1 fully saturated rings. The average molecular weight is 434 g/mol. The molecule has 0 atom stereocenters. The van der Waals surface area contributed by atoms with E-state index in [1.54, 1.807) is 18.5 Å². The van der Waals surface area contributed by atoms with Crippen molar-refractivity contribution in [3.05, 3.63) is 57.5 Å². The summed E-state index contributed by atoms with van der Waals surface area (Å²) < 4.78 is 33.2. The molecule has 1 amide bonds. The fourth-order valence-corrected chi connectivity index (χ4v) is 5.19. The number of carbonyl (C=O) groups is 1. The number of nitrogens with zero attached hydrogens (tertiary/aromatic N) is 3. The second-order valence-corrected chi connectivity index (χ2v) is 9.24. The van der Waals surface area contributed by atoms with Crippen LogP contribution in [0.2, 0.25) is 0 Å². The van der Waals surface area contributed by atoms with Gasteiger partial charge in [-0.3, -0.25) is 14.0 Å². The van der Waals surface area contributed by atoms with Gasteiger partial charge in [0.1, 0.15) is 5.69 Å². The number of hydrogen-bond acceptors (Lipinski definition) is 7. The number of ether oxygens (including phenoxy) is 1. The second kappa shape index (κ2) is 7.67. The number of thiazole rings is 1. The minimum Gasteiger partial charge on any atom is -0.379 e. The predicted molar refractivity (Wildman–Crippen MR) is 108 cm³/mol. The highest BCUT2D eigenvalue weighted by molar-refractivity contribution is 7.89. The summed E-state index contributed by atoms with van der Waals surface area (Å²) in [7, 11) is -3.64. The second-order valence-electron chi connectivity index (χ2n) is 6.43. The van der Waals surface area contributed by atoms with Gasteiger partial charge in [-0.25, -0.2) is 13.4 Å². The van der Waals surface area contributed by atoms with Crippen molar-refractivity contribution in [3.63, 3.8) is 0 Å². The van der Waals surface area contributed by atoms with Gasteiger partial charge in [0, 0.05) is 30.2 Å². The normalized spacial score (nSPS) is 15.5. The summed E-state index contributed by atoms with van der Waals surface area (Å²) in [6.45, 7) is 2.96. The van der Waals surface area contributed by atoms with E-state index in [9.17, 15) is 18.0 Å². The predicted octanol–water partition coefficient (Wildman–Crippen LogP) is 1.34. The van der Waals surface area contributed by atoms with Gasteiger partial charge in [-0.05, 0) is 31.2 Å². The van der Waals surface area contributed by atoms with Gasteiger partial charge >= 0.3 is 0 Å². The summed E-state index contributed by atoms with van der Waals surface area (Å²) in [4.78, 5) is 30.1. The Kier molecular flexibility index (Phi) is 5.21. The van der Waals surface area contributed by atoms with Crippen molar-refractivity contribution in [2.24, 2.45) is 0 Å². The molecular formula is C18H18N4O5S2. The molecule has 0 radical (unpaired) electrons. The summed E-state index contributed by atoms with van der Waals surface area (Å²) in [5, 5.41) is 4.33. The number of anilines is 1. The van der Waals surface area contributed by atoms with E-state index in [0.29, 0.717) is 37.0 Å². The van der Waals surface area contributed by atoms with Crippen molar-refractivity contribution >= 4 is 37.9 Å². The van der Waals surface area contributed by atoms with Crippen LogP contribution in [-0.4, -0.2) is 54.3 Å². The number of nitrogens with one attached hydrogen (secondary N) is 1. The summed E-state index contributed by atoms with van der Waals surface area (Å²) in [6, 6.07) is 5.62. The molecule has 4 rings (SSSR count). The van der Waals surface area contributed by atoms with Crippen LogP contribution in [0.4, 0.5) is 5.69 Å². The first-order valence-corrected chi connectivity index (χ1v) is 11.2. The highest BCUT2D eigenvalue weighted by atomic mass is 32.2. The molecule has 3 aromatic rings. The molecule has 1 N–H and O–H groups in total. The first-order valence-electron chi connectivity index (χ1n) is 8.84. The van der Waals surface area contributed by atoms with E-state index in [1.807, 2.05) is 0 Å². The number of benzene rings is 1. The van der Waals surface area contributed by atoms with E-state index >= 15 is 0 Å². The van der Waals surface area contributed by atoms with Crippen LogP contribution >= 0.6 is 11.3 Å². The first kappa shape index (κ1) is 19.7. The third-order valence-corrected chi connectivity index (χ3v) is 7.28. The summed E-state index contributed by atoms with van der Waals surface area (Å²) in [5.74, 6) is -0.516. The highest BCUT2D eigenvalue weighted by Gasteiger charge is 2.26. The maximum atomic E-state index is 12.7. The molecule has 2 aromatic heterocycles. The number of aromatic nitrogens is 2. The van der Waals surface area contributed by atoms with Crippen molar-refractivity contribution in [1.82, 2.24) is 13.7 Å². The summed E-state index contributed by atoms with van der Waals surface area (Å²) in [6.07, 6.45) is 1.59. The standard InChI is InChI=1S/C18H18N4O5S2/c1-12-15(17(24)22-8-11-28-18(22)19-12)20-16(23)13-2-4-14(5-3-13)29(25,26)21-6-9-27-10-7-21/h2-5,8,11H,6-7,9-10H2,1H3,(H,20,23). The van der Waals surface area contributed by atoms with Crippen molar-refractivity contribution in [3.8, 4) is 0 Å². The Morgan fingerprint density at radius 2 is 1.90 bits per heavy atom. The third-order valence-electron chi connectivity index (χ3n) is 4.61. The van der Waals surface area contributed by atoms with Gasteiger partial charge in [0.25, 0.3) is 11.5 Å². The summed E-state index contributed by atoms with van der Waals surface area (Å²) in [5.41, 5.74) is 0.377. The summed E-state index contributed by atoms with van der Waals surface area (Å²) >= 11 is 1.33. The van der Waals surface area contributed by atoms with E-state index in [0.717, 1.165) is 0 Å². The molecule has 1 saturated heterocycles. The molecule has 11 heteroatoms. The van der Waals surface area contributed by atoms with Gasteiger partial charge in [0.15, 0.2) is 4.96 Å². The number of aryl methyl sites for hydroxylation is 1. The quantitative estimate of drug-likeness (QED) is 0.664. The maximum absolute atomic E-state index is 12.7. The zero-order chi connectivity index (χ0) is 20.6. The van der Waals surface area contributed by atoms with Crippen molar-refractivity contribution in [2.45, 2.75) is 11.8 Å². The molecule has 0 unspecified atom stereocenters. The Bertz CT molecular complexity index is 1230. The molecule has 3 heterocycles. The zero-order valence-corrected chi connectivity index (χ0v) is 17.1. The van der Waals surface area contributed by atoms with Crippen LogP contribution in [0.1, 0.15) is 16.1 Å². The van der Waals surface area contributed by atoms with Gasteiger partial charge in [0.05, 0.1) is 23.8 Å². The molecule has 0 spiro atoms. The van der Waals surface area contributed by atoms with Crippen LogP contribution in [0.15, 0.2) is 45.5 Å². The number of carbonyl (C=O) groups excluding carboxylic acids is 1. The van der Waals surface area contributed by atoms with E-state index in [1.165, 1.54) is 44.3 Å². The number of rotatable bonds is 4. The van der Waals surface area contributed by atoms with Crippen LogP contribution in [0.5, 0.6) is 0 Å². The van der Waals surface area contributed by atoms with Crippen LogP contribution < -0.4 is 10.9 Å². The minimum atomic E-state index is -3.64. The van der Waals surface area contributed by atoms with E-state index in [4.69, 9.17) is 4.74 Å². The monoisotopic (exact) mass is 434 g/mol. The number of fused-ring (bicyclic) bond motifs is 1. The topological polar surface area (TPSA) is 110 Å². The van der Waals surface area contributed by atoms with Crippen molar-refractivity contribution in [2.75, 3.05) is 31.6 Å². The van der Waals surface area contributed by atoms with Crippen LogP contribution in [-0.2, 0) is 14.8 Å². The number of sulfonamides is 1. The molecule has 29 heavy (non-hydrogen) atoms. The van der Waals surface area contributed by atoms with Crippen LogP contribution in [0, 0.1) is 6.92 Å². The molecule has 1 aromatic carbocycles. The fourth-order valence-electron chi connectivity index (χ4n) is 3.03. The van der Waals surface area contributed by atoms with Gasteiger partial charge in [0.2, 0.25) is 10.0 Å². The zero-order valence-electron chi connectivity index (χ0n) is 15.5. The third kappa shape index (κ3) is 3.69. The van der Waals surface area contributed by atoms with Gasteiger partial charge in [-0.1, -0.05) is 0 Å². The van der Waals surface area contributed by atoms with Crippen LogP contribution in [0.3, 0.4) is 0 Å². The maximum Gasteiger partial charge on any atom is 0.282 e. The van der Waals surface area contributed by atoms with Gasteiger partial charge in [-0.2, -0.15) is 4.31 Å². The van der Waals surface area contributed by atoms with Gasteiger partial charge in [-0.15, -0.1) is 11.3 Å². The molecule has 0 saturated carbocycles. The molecule has 0 aliphatic carbocycles. The van der Waals surface area contributed by atoms with Gasteiger partial charge < -0.3 is 10.1 Å². The first-order chi connectivity index (χ1) is 13.9. The lowest BCUT2D eigenvalue weighted by Crippen LogP contribution is -2.40. The smallest absolute Gasteiger partial charge is 0.282 e. The van der Waals surface area contributed by atoms with E-state index in [-0.39, 0.29) is 21.7 Å². The molecule has 152 valence electrons. The Morgan fingerprint density at radius 1 is 1.21 bits per heavy atom. The number of amides is 1. The molecule has 0 bridgehead atoms. The SMILES string of the molecule is Cc1nc2sccn2c(=O)c1NC(=O)c1ccc(S(=O)(=O)N2CCOCC2)cc1. The molecule has 1 aliphatic rings. The fraction of sp³-hybridized carbons (Fsp3) is 0.278. The van der Waals surface area contributed by atoms with Crippen molar-refractivity contribution in [1.29, 1.82) is 0 Å². The largest absolute Gasteiger partial charge is 0.379 e. The Labute approximate surface area is 170 Å². The molecule has 9 nitrogen and oxygen atoms in total. The van der Waals surface area contributed by atoms with E-state index in [2.05, 4.69) is 10.3 Å². The minimum absolute atomic E-state index is 0.0934. The lowest BCUT2D eigenvalue weighted by atomic mass is 10.2.